The van der Waals surface area contributed by atoms with Crippen LogP contribution in [0, 0.1) is 6.92 Å². The molecule has 2 aromatic carbocycles. The number of thiazole rings is 1. The van der Waals surface area contributed by atoms with Crippen LogP contribution in [-0.2, 0) is 24.1 Å². The van der Waals surface area contributed by atoms with Crippen molar-refractivity contribution < 1.29 is 13.9 Å². The average Bonchev–Trinajstić information content (AvgIpc) is 3.41. The molecule has 0 unspecified atom stereocenters. The van der Waals surface area contributed by atoms with E-state index in [4.69, 9.17) is 9.15 Å². The minimum Gasteiger partial charge on any atom is -0.428 e. The molecule has 33 heavy (non-hydrogen) atoms. The van der Waals surface area contributed by atoms with E-state index in [9.17, 15) is 4.79 Å². The Labute approximate surface area is 196 Å². The number of benzene rings is 2. The number of rotatable bonds is 7. The van der Waals surface area contributed by atoms with Crippen LogP contribution in [0.1, 0.15) is 39.4 Å². The lowest BCUT2D eigenvalue weighted by atomic mass is 9.94. The fourth-order valence-corrected chi connectivity index (χ4v) is 5.06. The molecule has 170 valence electrons. The Morgan fingerprint density at radius 3 is 2.94 bits per heavy atom. The molecule has 3 heterocycles. The monoisotopic (exact) mass is 462 g/mol. The van der Waals surface area contributed by atoms with Crippen LogP contribution >= 0.6 is 11.3 Å². The summed E-state index contributed by atoms with van der Waals surface area (Å²) in [6.45, 7) is 4.05. The third kappa shape index (κ3) is 4.49. The standard InChI is InChI=1S/C25H26N4O3S/c1-16-21(10-6-14-31-2)32-25(26-16)29-13-12-17-7-5-8-18(19(17)15-29)23(30)28-24-27-20-9-3-4-11-22(20)33-24/h3-5,7-9,11H,6,10,12-15H2,1-2H3,(H,27,28,30). The molecule has 2 aromatic heterocycles. The van der Waals surface area contributed by atoms with Gasteiger partial charge in [-0.1, -0.05) is 35.6 Å². The molecular weight excluding hydrogens is 436 g/mol. The number of carbonyl (C=O) groups excluding carboxylic acids is 1. The van der Waals surface area contributed by atoms with E-state index >= 15 is 0 Å². The summed E-state index contributed by atoms with van der Waals surface area (Å²) in [5.41, 5.74) is 4.67. The number of hydrogen-bond acceptors (Lipinski definition) is 7. The van der Waals surface area contributed by atoms with Gasteiger partial charge in [-0.05, 0) is 49.1 Å². The van der Waals surface area contributed by atoms with Gasteiger partial charge in [0, 0.05) is 38.8 Å². The highest BCUT2D eigenvalue weighted by atomic mass is 32.1. The number of nitrogens with one attached hydrogen (secondary N) is 1. The Hall–Kier alpha value is -3.23. The molecule has 0 radical (unpaired) electrons. The maximum Gasteiger partial charge on any atom is 0.298 e. The maximum atomic E-state index is 13.2. The third-order valence-corrected chi connectivity index (χ3v) is 6.89. The van der Waals surface area contributed by atoms with Crippen molar-refractivity contribution in [3.63, 3.8) is 0 Å². The van der Waals surface area contributed by atoms with Crippen molar-refractivity contribution in [3.8, 4) is 0 Å². The molecule has 1 N–H and O–H groups in total. The van der Waals surface area contributed by atoms with E-state index in [0.29, 0.717) is 29.9 Å². The van der Waals surface area contributed by atoms with Crippen LogP contribution in [0.2, 0.25) is 0 Å². The summed E-state index contributed by atoms with van der Waals surface area (Å²) in [5, 5.41) is 3.60. The first-order chi connectivity index (χ1) is 16.1. The molecule has 5 rings (SSSR count). The summed E-state index contributed by atoms with van der Waals surface area (Å²) in [7, 11) is 1.70. The van der Waals surface area contributed by atoms with Crippen LogP contribution in [-0.4, -0.2) is 36.1 Å². The van der Waals surface area contributed by atoms with E-state index in [1.165, 1.54) is 16.9 Å². The molecule has 1 aliphatic rings. The topological polar surface area (TPSA) is 80.5 Å². The van der Waals surface area contributed by atoms with Crippen molar-refractivity contribution >= 4 is 38.6 Å². The Balaban J connectivity index is 1.36. The zero-order valence-electron chi connectivity index (χ0n) is 18.8. The largest absolute Gasteiger partial charge is 0.428 e. The lowest BCUT2D eigenvalue weighted by Crippen LogP contribution is -2.32. The molecule has 0 bridgehead atoms. The molecule has 8 heteroatoms. The quantitative estimate of drug-likeness (QED) is 0.390. The minimum atomic E-state index is -0.142. The number of nitrogens with zero attached hydrogens (tertiary/aromatic N) is 3. The van der Waals surface area contributed by atoms with E-state index in [1.54, 1.807) is 7.11 Å². The Kier molecular flexibility index (Phi) is 6.11. The van der Waals surface area contributed by atoms with E-state index in [-0.39, 0.29) is 5.91 Å². The first-order valence-corrected chi connectivity index (χ1v) is 11.9. The summed E-state index contributed by atoms with van der Waals surface area (Å²) in [6, 6.07) is 14.4. The van der Waals surface area contributed by atoms with Gasteiger partial charge in [0.1, 0.15) is 5.76 Å². The average molecular weight is 463 g/mol. The van der Waals surface area contributed by atoms with Crippen LogP contribution < -0.4 is 10.2 Å². The summed E-state index contributed by atoms with van der Waals surface area (Å²) in [5.74, 6) is 0.756. The molecule has 0 aliphatic carbocycles. The van der Waals surface area contributed by atoms with Gasteiger partial charge >= 0.3 is 0 Å². The predicted molar refractivity (Wildman–Crippen MR) is 130 cm³/mol. The van der Waals surface area contributed by atoms with Gasteiger partial charge in [-0.3, -0.25) is 10.1 Å². The van der Waals surface area contributed by atoms with Crippen LogP contribution in [0.5, 0.6) is 0 Å². The number of anilines is 2. The number of carbonyl (C=O) groups is 1. The molecule has 0 atom stereocenters. The van der Waals surface area contributed by atoms with Crippen LogP contribution in [0.3, 0.4) is 0 Å². The Morgan fingerprint density at radius 1 is 1.21 bits per heavy atom. The molecule has 1 aliphatic heterocycles. The number of aryl methyl sites for hydroxylation is 2. The highest BCUT2D eigenvalue weighted by Crippen LogP contribution is 2.30. The van der Waals surface area contributed by atoms with Crippen LogP contribution in [0.15, 0.2) is 46.9 Å². The van der Waals surface area contributed by atoms with Gasteiger partial charge in [-0.2, -0.15) is 4.98 Å². The van der Waals surface area contributed by atoms with Crippen molar-refractivity contribution in [1.82, 2.24) is 9.97 Å². The van der Waals surface area contributed by atoms with E-state index in [2.05, 4.69) is 26.3 Å². The number of amides is 1. The van der Waals surface area contributed by atoms with Crippen LogP contribution in [0.4, 0.5) is 11.1 Å². The Morgan fingerprint density at radius 2 is 2.09 bits per heavy atom. The second-order valence-electron chi connectivity index (χ2n) is 8.16. The van der Waals surface area contributed by atoms with Gasteiger partial charge in [0.15, 0.2) is 5.13 Å². The van der Waals surface area contributed by atoms with E-state index in [1.807, 2.05) is 43.3 Å². The van der Waals surface area contributed by atoms with Gasteiger partial charge in [-0.15, -0.1) is 0 Å². The number of methoxy groups -OCH3 is 1. The second-order valence-corrected chi connectivity index (χ2v) is 9.19. The highest BCUT2D eigenvalue weighted by Gasteiger charge is 2.25. The molecule has 0 fully saturated rings. The summed E-state index contributed by atoms with van der Waals surface area (Å²) >= 11 is 1.48. The van der Waals surface area contributed by atoms with Crippen LogP contribution in [0.25, 0.3) is 10.2 Å². The zero-order valence-corrected chi connectivity index (χ0v) is 19.6. The number of oxazole rings is 1. The lowest BCUT2D eigenvalue weighted by molar-refractivity contribution is 0.102. The number of aromatic nitrogens is 2. The summed E-state index contributed by atoms with van der Waals surface area (Å²) in [6.07, 6.45) is 2.52. The van der Waals surface area contributed by atoms with Gasteiger partial charge in [-0.25, -0.2) is 4.98 Å². The lowest BCUT2D eigenvalue weighted by Gasteiger charge is -2.28. The zero-order chi connectivity index (χ0) is 22.8. The smallest absolute Gasteiger partial charge is 0.298 e. The summed E-state index contributed by atoms with van der Waals surface area (Å²) in [4.78, 5) is 24.5. The van der Waals surface area contributed by atoms with Crippen molar-refractivity contribution in [2.24, 2.45) is 0 Å². The maximum absolute atomic E-state index is 13.2. The molecule has 1 amide bonds. The van der Waals surface area contributed by atoms with Gasteiger partial charge in [0.2, 0.25) is 0 Å². The van der Waals surface area contributed by atoms with E-state index < -0.39 is 0 Å². The number of hydrogen-bond donors (Lipinski definition) is 1. The Bertz CT molecular complexity index is 1260. The molecule has 0 spiro atoms. The van der Waals surface area contributed by atoms with Crippen molar-refractivity contribution in [2.45, 2.75) is 32.7 Å². The normalized spacial score (nSPS) is 13.3. The number of ether oxygens (including phenoxy) is 1. The summed E-state index contributed by atoms with van der Waals surface area (Å²) < 4.78 is 12.3. The van der Waals surface area contributed by atoms with Gasteiger partial charge < -0.3 is 14.1 Å². The van der Waals surface area contributed by atoms with Crippen molar-refractivity contribution in [2.75, 3.05) is 30.5 Å². The fourth-order valence-electron chi connectivity index (χ4n) is 4.20. The molecule has 0 saturated carbocycles. The number of para-hydroxylation sites is 1. The first-order valence-electron chi connectivity index (χ1n) is 11.1. The molecular formula is C25H26N4O3S. The molecule has 7 nitrogen and oxygen atoms in total. The van der Waals surface area contributed by atoms with Gasteiger partial charge in [0.25, 0.3) is 11.9 Å². The minimum absolute atomic E-state index is 0.142. The second kappa shape index (κ2) is 9.33. The third-order valence-electron chi connectivity index (χ3n) is 5.94. The SMILES string of the molecule is COCCCc1oc(N2CCc3cccc(C(=O)Nc4nc5ccccc5s4)c3C2)nc1C. The fraction of sp³-hybridized carbons (Fsp3) is 0.320. The highest BCUT2D eigenvalue weighted by molar-refractivity contribution is 7.22. The molecule has 0 saturated heterocycles. The van der Waals surface area contributed by atoms with Gasteiger partial charge in [0.05, 0.1) is 15.9 Å². The van der Waals surface area contributed by atoms with Crippen molar-refractivity contribution in [1.29, 1.82) is 0 Å². The molecule has 4 aromatic rings. The van der Waals surface area contributed by atoms with E-state index in [0.717, 1.165) is 53.0 Å². The first kappa shape index (κ1) is 21.6. The number of fused-ring (bicyclic) bond motifs is 2. The van der Waals surface area contributed by atoms with Crippen molar-refractivity contribution in [3.05, 3.63) is 70.6 Å². The predicted octanol–water partition coefficient (Wildman–Crippen LogP) is 4.99.